The molecule has 1 atom stereocenters. The second kappa shape index (κ2) is 11.7. The van der Waals surface area contributed by atoms with Crippen molar-refractivity contribution in [3.8, 4) is 0 Å². The van der Waals surface area contributed by atoms with E-state index in [-0.39, 0.29) is 36.8 Å². The average molecular weight is 368 g/mol. The van der Waals surface area contributed by atoms with E-state index in [2.05, 4.69) is 15.5 Å². The zero-order chi connectivity index (χ0) is 15.1. The molecule has 1 aliphatic rings. The Labute approximate surface area is 150 Å². The molecule has 1 aromatic heterocycles. The molecule has 23 heavy (non-hydrogen) atoms. The van der Waals surface area contributed by atoms with Crippen molar-refractivity contribution in [2.45, 2.75) is 19.4 Å². The van der Waals surface area contributed by atoms with Gasteiger partial charge in [-0.15, -0.1) is 24.8 Å². The Morgan fingerprint density at radius 3 is 2.57 bits per heavy atom. The van der Waals surface area contributed by atoms with E-state index >= 15 is 0 Å². The van der Waals surface area contributed by atoms with Crippen LogP contribution in [-0.4, -0.2) is 57.2 Å². The van der Waals surface area contributed by atoms with Gasteiger partial charge in [0, 0.05) is 32.6 Å². The Kier molecular flexibility index (Phi) is 11.3. The second-order valence-electron chi connectivity index (χ2n) is 5.27. The van der Waals surface area contributed by atoms with Gasteiger partial charge in [0.1, 0.15) is 11.5 Å². The third-order valence-corrected chi connectivity index (χ3v) is 3.67. The smallest absolute Gasteiger partial charge is 0.221 e. The summed E-state index contributed by atoms with van der Waals surface area (Å²) in [5.41, 5.74) is 0. The largest absolute Gasteiger partial charge is 0.465 e. The van der Waals surface area contributed by atoms with Crippen molar-refractivity contribution in [1.82, 2.24) is 15.5 Å². The normalized spacial score (nSPS) is 16.1. The van der Waals surface area contributed by atoms with Crippen LogP contribution in [0.4, 0.5) is 0 Å². The summed E-state index contributed by atoms with van der Waals surface area (Å²) >= 11 is 0. The number of ether oxygens (including phenoxy) is 1. The predicted molar refractivity (Wildman–Crippen MR) is 94.6 cm³/mol. The Morgan fingerprint density at radius 2 is 2.00 bits per heavy atom. The number of nitrogens with one attached hydrogen (secondary N) is 2. The summed E-state index contributed by atoms with van der Waals surface area (Å²) in [6.07, 6.45) is 0.490. The van der Waals surface area contributed by atoms with Gasteiger partial charge >= 0.3 is 0 Å². The summed E-state index contributed by atoms with van der Waals surface area (Å²) in [7, 11) is 1.84. The summed E-state index contributed by atoms with van der Waals surface area (Å²) in [5, 5.41) is 5.98. The number of carbonyl (C=O) groups is 1. The zero-order valence-corrected chi connectivity index (χ0v) is 15.3. The molecule has 134 valence electrons. The molecule has 2 N–H and O–H groups in total. The van der Waals surface area contributed by atoms with Gasteiger partial charge < -0.3 is 19.8 Å². The standard InChI is InChI=1S/C15H25N3O3.2ClH/c1-12-3-4-14(21-12)13(18-7-9-20-10-8-18)11-17-15(19)5-6-16-2;;/h3-4,13,16H,5-11H2,1-2H3,(H,17,19);2*1H. The Balaban J connectivity index is 0.00000242. The van der Waals surface area contributed by atoms with Gasteiger partial charge in [-0.1, -0.05) is 0 Å². The topological polar surface area (TPSA) is 66.7 Å². The van der Waals surface area contributed by atoms with E-state index in [1.807, 2.05) is 26.1 Å². The number of aryl methyl sites for hydroxylation is 1. The molecule has 0 bridgehead atoms. The minimum absolute atomic E-state index is 0. The minimum atomic E-state index is 0. The monoisotopic (exact) mass is 367 g/mol. The molecule has 0 saturated carbocycles. The fourth-order valence-electron chi connectivity index (χ4n) is 2.47. The predicted octanol–water partition coefficient (Wildman–Crippen LogP) is 1.53. The minimum Gasteiger partial charge on any atom is -0.465 e. The van der Waals surface area contributed by atoms with Crippen LogP contribution in [0.5, 0.6) is 0 Å². The molecule has 1 aliphatic heterocycles. The molecule has 6 nitrogen and oxygen atoms in total. The molecular formula is C15H27Cl2N3O3. The van der Waals surface area contributed by atoms with E-state index in [0.29, 0.717) is 19.5 Å². The lowest BCUT2D eigenvalue weighted by atomic mass is 10.1. The van der Waals surface area contributed by atoms with Crippen LogP contribution >= 0.6 is 24.8 Å². The molecule has 0 aliphatic carbocycles. The van der Waals surface area contributed by atoms with Crippen LogP contribution in [0.3, 0.4) is 0 Å². The lowest BCUT2D eigenvalue weighted by molar-refractivity contribution is -0.121. The van der Waals surface area contributed by atoms with Crippen molar-refractivity contribution >= 4 is 30.7 Å². The molecule has 2 heterocycles. The molecule has 8 heteroatoms. The van der Waals surface area contributed by atoms with E-state index < -0.39 is 0 Å². The first-order chi connectivity index (χ1) is 10.2. The summed E-state index contributed by atoms with van der Waals surface area (Å²) < 4.78 is 11.2. The van der Waals surface area contributed by atoms with Crippen LogP contribution in [0.1, 0.15) is 24.0 Å². The highest BCUT2D eigenvalue weighted by molar-refractivity contribution is 5.85. The highest BCUT2D eigenvalue weighted by Crippen LogP contribution is 2.23. The number of carbonyl (C=O) groups excluding carboxylic acids is 1. The SMILES string of the molecule is CNCCC(=O)NCC(c1ccc(C)o1)N1CCOCC1.Cl.Cl. The van der Waals surface area contributed by atoms with Crippen molar-refractivity contribution in [2.24, 2.45) is 0 Å². The molecule has 0 radical (unpaired) electrons. The quantitative estimate of drug-likeness (QED) is 0.764. The molecule has 0 aromatic carbocycles. The van der Waals surface area contributed by atoms with Crippen molar-refractivity contribution in [1.29, 1.82) is 0 Å². The van der Waals surface area contributed by atoms with Crippen LogP contribution in [-0.2, 0) is 9.53 Å². The molecule has 1 saturated heterocycles. The maximum Gasteiger partial charge on any atom is 0.221 e. The molecule has 1 fully saturated rings. The van der Waals surface area contributed by atoms with Crippen molar-refractivity contribution in [3.63, 3.8) is 0 Å². The molecule has 1 amide bonds. The number of furan rings is 1. The summed E-state index contributed by atoms with van der Waals surface area (Å²) in [4.78, 5) is 14.1. The van der Waals surface area contributed by atoms with Gasteiger partial charge in [-0.25, -0.2) is 0 Å². The maximum atomic E-state index is 11.8. The summed E-state index contributed by atoms with van der Waals surface area (Å²) in [6.45, 7) is 6.36. The lowest BCUT2D eigenvalue weighted by Gasteiger charge is -2.33. The van der Waals surface area contributed by atoms with Crippen molar-refractivity contribution in [3.05, 3.63) is 23.7 Å². The highest BCUT2D eigenvalue weighted by Gasteiger charge is 2.25. The first kappa shape index (κ1) is 22.2. The number of rotatable bonds is 7. The number of hydrogen-bond donors (Lipinski definition) is 2. The van der Waals surface area contributed by atoms with Gasteiger partial charge in [-0.3, -0.25) is 9.69 Å². The number of hydrogen-bond acceptors (Lipinski definition) is 5. The van der Waals surface area contributed by atoms with E-state index in [1.165, 1.54) is 0 Å². The molecule has 1 unspecified atom stereocenters. The Bertz CT molecular complexity index is 451. The van der Waals surface area contributed by atoms with Gasteiger partial charge in [0.05, 0.1) is 19.3 Å². The first-order valence-corrected chi connectivity index (χ1v) is 7.50. The number of morpholine rings is 1. The van der Waals surface area contributed by atoms with E-state index in [4.69, 9.17) is 9.15 Å². The molecular weight excluding hydrogens is 341 g/mol. The van der Waals surface area contributed by atoms with Gasteiger partial charge in [-0.05, 0) is 26.1 Å². The van der Waals surface area contributed by atoms with E-state index in [0.717, 1.165) is 37.8 Å². The average Bonchev–Trinajstić information content (AvgIpc) is 2.93. The van der Waals surface area contributed by atoms with Crippen LogP contribution in [0.2, 0.25) is 0 Å². The Hall–Kier alpha value is -0.790. The van der Waals surface area contributed by atoms with Crippen LogP contribution in [0, 0.1) is 6.92 Å². The molecule has 1 aromatic rings. The van der Waals surface area contributed by atoms with Crippen molar-refractivity contribution in [2.75, 3.05) is 46.4 Å². The summed E-state index contributed by atoms with van der Waals surface area (Å²) in [6, 6.07) is 4.03. The first-order valence-electron chi connectivity index (χ1n) is 7.50. The number of amides is 1. The fraction of sp³-hybridized carbons (Fsp3) is 0.667. The van der Waals surface area contributed by atoms with Crippen LogP contribution in [0.25, 0.3) is 0 Å². The van der Waals surface area contributed by atoms with Crippen LogP contribution < -0.4 is 10.6 Å². The second-order valence-corrected chi connectivity index (χ2v) is 5.27. The fourth-order valence-corrected chi connectivity index (χ4v) is 2.47. The Morgan fingerprint density at radius 1 is 1.30 bits per heavy atom. The lowest BCUT2D eigenvalue weighted by Crippen LogP contribution is -2.43. The van der Waals surface area contributed by atoms with E-state index in [1.54, 1.807) is 0 Å². The van der Waals surface area contributed by atoms with E-state index in [9.17, 15) is 4.79 Å². The van der Waals surface area contributed by atoms with Gasteiger partial charge in [0.15, 0.2) is 0 Å². The zero-order valence-electron chi connectivity index (χ0n) is 13.7. The number of nitrogens with zero attached hydrogens (tertiary/aromatic N) is 1. The van der Waals surface area contributed by atoms with Gasteiger partial charge in [-0.2, -0.15) is 0 Å². The highest BCUT2D eigenvalue weighted by atomic mass is 35.5. The van der Waals surface area contributed by atoms with Gasteiger partial charge in [0.2, 0.25) is 5.91 Å². The molecule has 0 spiro atoms. The van der Waals surface area contributed by atoms with Gasteiger partial charge in [0.25, 0.3) is 0 Å². The number of halogens is 2. The third kappa shape index (κ3) is 7.10. The van der Waals surface area contributed by atoms with Crippen LogP contribution in [0.15, 0.2) is 16.5 Å². The third-order valence-electron chi connectivity index (χ3n) is 3.67. The summed E-state index contributed by atoms with van der Waals surface area (Å²) in [5.74, 6) is 1.86. The van der Waals surface area contributed by atoms with Crippen molar-refractivity contribution < 1.29 is 13.9 Å². The maximum absolute atomic E-state index is 11.8. The molecule has 2 rings (SSSR count).